The van der Waals surface area contributed by atoms with Gasteiger partial charge in [-0.1, -0.05) is 0 Å². The lowest BCUT2D eigenvalue weighted by molar-refractivity contribution is 0.0688. The van der Waals surface area contributed by atoms with E-state index in [1.54, 1.807) is 0 Å². The van der Waals surface area contributed by atoms with Crippen LogP contribution in [0.4, 0.5) is 4.39 Å². The van der Waals surface area contributed by atoms with E-state index in [-0.39, 0.29) is 11.5 Å². The zero-order valence-corrected chi connectivity index (χ0v) is 9.88. The summed E-state index contributed by atoms with van der Waals surface area (Å²) in [5.74, 6) is -0.651. The molecule has 4 rings (SSSR count). The molecule has 2 aliphatic rings. The van der Waals surface area contributed by atoms with Crippen LogP contribution in [-0.2, 0) is 6.42 Å². The predicted molar refractivity (Wildman–Crippen MR) is 62.8 cm³/mol. The number of pyridine rings is 1. The molecular formula is C13H10FN3O2. The van der Waals surface area contributed by atoms with Gasteiger partial charge in [0, 0.05) is 17.7 Å². The lowest BCUT2D eigenvalue weighted by Crippen LogP contribution is -2.07. The van der Waals surface area contributed by atoms with Gasteiger partial charge in [-0.05, 0) is 30.9 Å². The third-order valence-electron chi connectivity index (χ3n) is 3.91. The van der Waals surface area contributed by atoms with Crippen molar-refractivity contribution in [1.82, 2.24) is 14.8 Å². The predicted octanol–water partition coefficient (Wildman–Crippen LogP) is 1.76. The minimum absolute atomic E-state index is 0.0345. The summed E-state index contributed by atoms with van der Waals surface area (Å²) in [6, 6.07) is 2.80. The Labute approximate surface area is 107 Å². The van der Waals surface area contributed by atoms with E-state index in [0.29, 0.717) is 11.8 Å². The second kappa shape index (κ2) is 3.40. The van der Waals surface area contributed by atoms with E-state index in [1.165, 1.54) is 23.0 Å². The Bertz CT molecular complexity index is 710. The highest BCUT2D eigenvalue weighted by Gasteiger charge is 2.50. The molecule has 1 N–H and O–H groups in total. The van der Waals surface area contributed by atoms with Gasteiger partial charge in [0.15, 0.2) is 17.3 Å². The van der Waals surface area contributed by atoms with Gasteiger partial charge in [-0.25, -0.2) is 18.9 Å². The lowest BCUT2D eigenvalue weighted by atomic mass is 10.1. The Morgan fingerprint density at radius 1 is 1.53 bits per heavy atom. The molecule has 0 unspecified atom stereocenters. The number of halogens is 1. The van der Waals surface area contributed by atoms with E-state index in [4.69, 9.17) is 0 Å². The molecule has 2 aromatic rings. The fourth-order valence-electron chi connectivity index (χ4n) is 2.98. The first-order valence-electron chi connectivity index (χ1n) is 6.12. The van der Waals surface area contributed by atoms with Crippen LogP contribution in [0.2, 0.25) is 0 Å². The Hall–Kier alpha value is -2.24. The van der Waals surface area contributed by atoms with Gasteiger partial charge < -0.3 is 5.11 Å². The number of rotatable bonds is 2. The molecule has 2 aromatic heterocycles. The molecule has 0 saturated heterocycles. The minimum Gasteiger partial charge on any atom is -0.476 e. The summed E-state index contributed by atoms with van der Waals surface area (Å²) in [5, 5.41) is 13.2. The van der Waals surface area contributed by atoms with E-state index in [2.05, 4.69) is 10.1 Å². The van der Waals surface area contributed by atoms with Gasteiger partial charge >= 0.3 is 5.97 Å². The molecule has 19 heavy (non-hydrogen) atoms. The number of fused-ring (bicyclic) bond motifs is 3. The molecule has 0 amide bonds. The Morgan fingerprint density at radius 3 is 3.11 bits per heavy atom. The highest BCUT2D eigenvalue weighted by molar-refractivity contribution is 5.88. The van der Waals surface area contributed by atoms with Gasteiger partial charge in [0.25, 0.3) is 0 Å². The van der Waals surface area contributed by atoms with Crippen LogP contribution in [-0.4, -0.2) is 25.8 Å². The van der Waals surface area contributed by atoms with Crippen LogP contribution in [0.25, 0.3) is 5.82 Å². The Balaban J connectivity index is 1.97. The zero-order chi connectivity index (χ0) is 13.1. The van der Waals surface area contributed by atoms with Crippen molar-refractivity contribution in [3.63, 3.8) is 0 Å². The summed E-state index contributed by atoms with van der Waals surface area (Å²) in [4.78, 5) is 15.2. The van der Waals surface area contributed by atoms with Crippen LogP contribution in [0.15, 0.2) is 18.3 Å². The standard InChI is InChI=1S/C13H10FN3O2/c14-9-2-1-3-15-12(9)17-11-7-4-6(7)5-8(11)10(16-17)13(18)19/h1-3,6-7H,4-5H2,(H,18,19)/t6-,7-/m1/s1. The molecule has 2 aliphatic carbocycles. The average Bonchev–Trinajstić information content (AvgIpc) is 2.89. The zero-order valence-electron chi connectivity index (χ0n) is 9.88. The van der Waals surface area contributed by atoms with E-state index in [9.17, 15) is 14.3 Å². The molecular weight excluding hydrogens is 249 g/mol. The smallest absolute Gasteiger partial charge is 0.356 e. The highest BCUT2D eigenvalue weighted by atomic mass is 19.1. The Kier molecular flexibility index (Phi) is 1.91. The van der Waals surface area contributed by atoms with Crippen molar-refractivity contribution >= 4 is 5.97 Å². The van der Waals surface area contributed by atoms with Crippen LogP contribution in [0, 0.1) is 11.7 Å². The van der Waals surface area contributed by atoms with E-state index in [0.717, 1.165) is 24.1 Å². The lowest BCUT2D eigenvalue weighted by Gasteiger charge is -2.05. The first kappa shape index (κ1) is 10.7. The van der Waals surface area contributed by atoms with E-state index in [1.807, 2.05) is 0 Å². The summed E-state index contributed by atoms with van der Waals surface area (Å²) >= 11 is 0. The van der Waals surface area contributed by atoms with Gasteiger partial charge in [0.1, 0.15) is 0 Å². The number of nitrogens with zero attached hydrogens (tertiary/aromatic N) is 3. The summed E-state index contributed by atoms with van der Waals surface area (Å²) in [5.41, 5.74) is 1.62. The number of hydrogen-bond acceptors (Lipinski definition) is 3. The number of carboxylic acids is 1. The second-order valence-corrected chi connectivity index (χ2v) is 5.04. The van der Waals surface area contributed by atoms with Crippen molar-refractivity contribution in [2.24, 2.45) is 5.92 Å². The number of hydrogen-bond donors (Lipinski definition) is 1. The summed E-state index contributed by atoms with van der Waals surface area (Å²) in [6.45, 7) is 0. The molecule has 1 fully saturated rings. The fourth-order valence-corrected chi connectivity index (χ4v) is 2.98. The molecule has 1 saturated carbocycles. The summed E-state index contributed by atoms with van der Waals surface area (Å²) < 4.78 is 15.2. The quantitative estimate of drug-likeness (QED) is 0.892. The SMILES string of the molecule is O=C(O)c1nn(-c2ncccc2F)c2c1C[C@H]1C[C@@H]21. The van der Waals surface area contributed by atoms with Crippen molar-refractivity contribution in [3.05, 3.63) is 41.1 Å². The van der Waals surface area contributed by atoms with Crippen LogP contribution in [0.1, 0.15) is 34.1 Å². The number of carboxylic acid groups (broad SMARTS) is 1. The van der Waals surface area contributed by atoms with Crippen molar-refractivity contribution in [2.45, 2.75) is 18.8 Å². The summed E-state index contributed by atoms with van der Waals surface area (Å²) in [7, 11) is 0. The molecule has 6 heteroatoms. The number of aromatic nitrogens is 3. The monoisotopic (exact) mass is 259 g/mol. The highest BCUT2D eigenvalue weighted by Crippen LogP contribution is 2.57. The van der Waals surface area contributed by atoms with E-state index < -0.39 is 11.8 Å². The fraction of sp³-hybridized carbons (Fsp3) is 0.308. The number of aromatic carboxylic acids is 1. The average molecular weight is 259 g/mol. The largest absolute Gasteiger partial charge is 0.476 e. The first-order chi connectivity index (χ1) is 9.16. The normalized spacial score (nSPS) is 23.0. The maximum Gasteiger partial charge on any atom is 0.356 e. The summed E-state index contributed by atoms with van der Waals surface area (Å²) in [6.07, 6.45) is 3.24. The van der Waals surface area contributed by atoms with Crippen molar-refractivity contribution in [1.29, 1.82) is 0 Å². The van der Waals surface area contributed by atoms with Gasteiger partial charge in [-0.3, -0.25) is 0 Å². The van der Waals surface area contributed by atoms with E-state index >= 15 is 0 Å². The van der Waals surface area contributed by atoms with Crippen LogP contribution < -0.4 is 0 Å². The van der Waals surface area contributed by atoms with Gasteiger partial charge in [-0.15, -0.1) is 0 Å². The second-order valence-electron chi connectivity index (χ2n) is 5.04. The third-order valence-corrected chi connectivity index (χ3v) is 3.91. The minimum atomic E-state index is -1.06. The van der Waals surface area contributed by atoms with Gasteiger partial charge in [0.2, 0.25) is 0 Å². The molecule has 0 spiro atoms. The number of carbonyl (C=O) groups is 1. The third kappa shape index (κ3) is 1.36. The molecule has 2 heterocycles. The van der Waals surface area contributed by atoms with Gasteiger partial charge in [-0.2, -0.15) is 5.10 Å². The van der Waals surface area contributed by atoms with Crippen molar-refractivity contribution in [2.75, 3.05) is 0 Å². The topological polar surface area (TPSA) is 68.0 Å². The molecule has 0 bridgehead atoms. The van der Waals surface area contributed by atoms with Crippen LogP contribution in [0.3, 0.4) is 0 Å². The molecule has 2 atom stereocenters. The molecule has 96 valence electrons. The maximum atomic E-state index is 13.8. The van der Waals surface area contributed by atoms with Crippen molar-refractivity contribution < 1.29 is 14.3 Å². The van der Waals surface area contributed by atoms with Gasteiger partial charge in [0.05, 0.1) is 5.69 Å². The molecule has 5 nitrogen and oxygen atoms in total. The first-order valence-corrected chi connectivity index (χ1v) is 6.12. The van der Waals surface area contributed by atoms with Crippen molar-refractivity contribution in [3.8, 4) is 5.82 Å². The molecule has 0 radical (unpaired) electrons. The maximum absolute atomic E-state index is 13.8. The molecule has 0 aromatic carbocycles. The Morgan fingerprint density at radius 2 is 2.37 bits per heavy atom. The van der Waals surface area contributed by atoms with Crippen LogP contribution >= 0.6 is 0 Å². The molecule has 0 aliphatic heterocycles. The van der Waals surface area contributed by atoms with Crippen LogP contribution in [0.5, 0.6) is 0 Å².